The van der Waals surface area contributed by atoms with Gasteiger partial charge in [-0.25, -0.2) is 0 Å². The largest absolute Gasteiger partial charge is 0.352 e. The molecule has 0 fully saturated rings. The lowest BCUT2D eigenvalue weighted by Gasteiger charge is -2.09. The molecule has 2 aromatic rings. The number of hydrogen-bond donors (Lipinski definition) is 2. The van der Waals surface area contributed by atoms with Gasteiger partial charge in [-0.15, -0.1) is 0 Å². The standard InChI is InChI=1S/C18H19N3O4/c1-12-4-3-5-14(10-12)18(23)19-9-8-17(22)20-16-7-6-15(21(24)25)11-13(16)2/h3-7,10-11H,8-9H2,1-2H3,(H,19,23)(H,20,22). The molecule has 0 aliphatic carbocycles. The lowest BCUT2D eigenvalue weighted by molar-refractivity contribution is -0.384. The molecule has 0 aromatic heterocycles. The van der Waals surface area contributed by atoms with E-state index < -0.39 is 4.92 Å². The molecule has 0 atom stereocenters. The van der Waals surface area contributed by atoms with E-state index in [-0.39, 0.29) is 30.5 Å². The molecule has 0 aliphatic heterocycles. The van der Waals surface area contributed by atoms with E-state index >= 15 is 0 Å². The minimum absolute atomic E-state index is 0.0269. The van der Waals surface area contributed by atoms with Crippen molar-refractivity contribution in [3.05, 3.63) is 69.3 Å². The van der Waals surface area contributed by atoms with Gasteiger partial charge in [0.05, 0.1) is 4.92 Å². The smallest absolute Gasteiger partial charge is 0.269 e. The van der Waals surface area contributed by atoms with Crippen LogP contribution in [0.25, 0.3) is 0 Å². The van der Waals surface area contributed by atoms with Crippen LogP contribution in [0, 0.1) is 24.0 Å². The van der Waals surface area contributed by atoms with Crippen LogP contribution < -0.4 is 10.6 Å². The highest BCUT2D eigenvalue weighted by Gasteiger charge is 2.11. The molecular formula is C18H19N3O4. The number of hydrogen-bond acceptors (Lipinski definition) is 4. The summed E-state index contributed by atoms with van der Waals surface area (Å²) in [5, 5.41) is 16.1. The summed E-state index contributed by atoms with van der Waals surface area (Å²) >= 11 is 0. The number of amides is 2. The molecule has 2 N–H and O–H groups in total. The third-order valence-electron chi connectivity index (χ3n) is 3.61. The molecule has 25 heavy (non-hydrogen) atoms. The van der Waals surface area contributed by atoms with E-state index in [1.165, 1.54) is 18.2 Å². The first-order valence-electron chi connectivity index (χ1n) is 7.76. The van der Waals surface area contributed by atoms with Crippen LogP contribution in [0.15, 0.2) is 42.5 Å². The quantitative estimate of drug-likeness (QED) is 0.623. The molecule has 7 heteroatoms. The van der Waals surface area contributed by atoms with E-state index in [1.54, 1.807) is 25.1 Å². The summed E-state index contributed by atoms with van der Waals surface area (Å²) in [6.45, 7) is 3.78. The Kier molecular flexibility index (Phi) is 5.84. The lowest BCUT2D eigenvalue weighted by atomic mass is 10.1. The average Bonchev–Trinajstić information content (AvgIpc) is 2.56. The Labute approximate surface area is 145 Å². The SMILES string of the molecule is Cc1cccc(C(=O)NCCC(=O)Nc2ccc([N+](=O)[O-])cc2C)c1. The first-order valence-corrected chi connectivity index (χ1v) is 7.76. The highest BCUT2D eigenvalue weighted by Crippen LogP contribution is 2.21. The molecule has 0 saturated carbocycles. The van der Waals surface area contributed by atoms with Gasteiger partial charge in [0.2, 0.25) is 5.91 Å². The first kappa shape index (κ1) is 18.1. The van der Waals surface area contributed by atoms with Crippen LogP contribution in [0.5, 0.6) is 0 Å². The molecule has 0 bridgehead atoms. The van der Waals surface area contributed by atoms with Gasteiger partial charge < -0.3 is 10.6 Å². The minimum Gasteiger partial charge on any atom is -0.352 e. The first-order chi connectivity index (χ1) is 11.9. The summed E-state index contributed by atoms with van der Waals surface area (Å²) in [6.07, 6.45) is 0.105. The lowest BCUT2D eigenvalue weighted by Crippen LogP contribution is -2.27. The maximum atomic E-state index is 12.0. The van der Waals surface area contributed by atoms with Crippen molar-refractivity contribution in [1.82, 2.24) is 5.32 Å². The van der Waals surface area contributed by atoms with Crippen molar-refractivity contribution in [2.75, 3.05) is 11.9 Å². The fourth-order valence-corrected chi connectivity index (χ4v) is 2.29. The van der Waals surface area contributed by atoms with Gasteiger partial charge in [0.1, 0.15) is 0 Å². The third-order valence-corrected chi connectivity index (χ3v) is 3.61. The predicted octanol–water partition coefficient (Wildman–Crippen LogP) is 2.97. The Morgan fingerprint density at radius 2 is 1.88 bits per heavy atom. The summed E-state index contributed by atoms with van der Waals surface area (Å²) < 4.78 is 0. The predicted molar refractivity (Wildman–Crippen MR) is 94.6 cm³/mol. The zero-order valence-electron chi connectivity index (χ0n) is 14.0. The van der Waals surface area contributed by atoms with Crippen LogP contribution >= 0.6 is 0 Å². The molecule has 0 saturated heterocycles. The van der Waals surface area contributed by atoms with Crippen molar-refractivity contribution >= 4 is 23.2 Å². The maximum Gasteiger partial charge on any atom is 0.269 e. The molecule has 7 nitrogen and oxygen atoms in total. The molecule has 0 aliphatic rings. The monoisotopic (exact) mass is 341 g/mol. The average molecular weight is 341 g/mol. The zero-order valence-corrected chi connectivity index (χ0v) is 14.0. The number of nitrogens with zero attached hydrogens (tertiary/aromatic N) is 1. The fraction of sp³-hybridized carbons (Fsp3) is 0.222. The van der Waals surface area contributed by atoms with Crippen LogP contribution in [0.1, 0.15) is 27.9 Å². The van der Waals surface area contributed by atoms with Crippen molar-refractivity contribution < 1.29 is 14.5 Å². The summed E-state index contributed by atoms with van der Waals surface area (Å²) in [5.41, 5.74) is 2.62. The summed E-state index contributed by atoms with van der Waals surface area (Å²) in [4.78, 5) is 34.2. The van der Waals surface area contributed by atoms with Crippen LogP contribution in [0.3, 0.4) is 0 Å². The van der Waals surface area contributed by atoms with Crippen molar-refractivity contribution in [2.45, 2.75) is 20.3 Å². The Bertz CT molecular complexity index is 818. The molecular weight excluding hydrogens is 322 g/mol. The second kappa shape index (κ2) is 8.05. The number of nitro benzene ring substituents is 1. The number of nitro groups is 1. The van der Waals surface area contributed by atoms with Gasteiger partial charge >= 0.3 is 0 Å². The van der Waals surface area contributed by atoms with E-state index in [0.717, 1.165) is 5.56 Å². The van der Waals surface area contributed by atoms with Gasteiger partial charge in [0, 0.05) is 36.3 Å². The van der Waals surface area contributed by atoms with Crippen LogP contribution in [-0.4, -0.2) is 23.3 Å². The van der Waals surface area contributed by atoms with Gasteiger partial charge in [0.25, 0.3) is 11.6 Å². The maximum absolute atomic E-state index is 12.0. The normalized spacial score (nSPS) is 10.2. The third kappa shape index (κ3) is 5.13. The van der Waals surface area contributed by atoms with Gasteiger partial charge in [-0.1, -0.05) is 17.7 Å². The van der Waals surface area contributed by atoms with Gasteiger partial charge in [0.15, 0.2) is 0 Å². The van der Waals surface area contributed by atoms with Crippen LogP contribution in [0.4, 0.5) is 11.4 Å². The van der Waals surface area contributed by atoms with Crippen molar-refractivity contribution in [1.29, 1.82) is 0 Å². The van der Waals surface area contributed by atoms with Crippen LogP contribution in [-0.2, 0) is 4.79 Å². The Hall–Kier alpha value is -3.22. The van der Waals surface area contributed by atoms with E-state index in [4.69, 9.17) is 0 Å². The number of carbonyl (C=O) groups excluding carboxylic acids is 2. The number of anilines is 1. The molecule has 0 heterocycles. The summed E-state index contributed by atoms with van der Waals surface area (Å²) in [7, 11) is 0. The van der Waals surface area contributed by atoms with Crippen molar-refractivity contribution in [3.8, 4) is 0 Å². The molecule has 2 rings (SSSR count). The number of rotatable bonds is 6. The van der Waals surface area contributed by atoms with E-state index in [2.05, 4.69) is 10.6 Å². The van der Waals surface area contributed by atoms with Gasteiger partial charge in [-0.2, -0.15) is 0 Å². The van der Waals surface area contributed by atoms with Gasteiger partial charge in [-0.3, -0.25) is 19.7 Å². The number of aryl methyl sites for hydroxylation is 2. The number of carbonyl (C=O) groups is 2. The molecule has 0 unspecified atom stereocenters. The van der Waals surface area contributed by atoms with Gasteiger partial charge in [-0.05, 0) is 37.6 Å². The Morgan fingerprint density at radius 3 is 2.52 bits per heavy atom. The van der Waals surface area contributed by atoms with Crippen molar-refractivity contribution in [2.24, 2.45) is 0 Å². The number of benzene rings is 2. The van der Waals surface area contributed by atoms with Crippen LogP contribution in [0.2, 0.25) is 0 Å². The highest BCUT2D eigenvalue weighted by molar-refractivity contribution is 5.95. The zero-order chi connectivity index (χ0) is 18.4. The second-order valence-corrected chi connectivity index (χ2v) is 5.68. The molecule has 2 aromatic carbocycles. The molecule has 2 amide bonds. The second-order valence-electron chi connectivity index (χ2n) is 5.68. The number of non-ortho nitro benzene ring substituents is 1. The highest BCUT2D eigenvalue weighted by atomic mass is 16.6. The molecule has 130 valence electrons. The Balaban J connectivity index is 1.85. The summed E-state index contributed by atoms with van der Waals surface area (Å²) in [6, 6.07) is 11.4. The minimum atomic E-state index is -0.487. The Morgan fingerprint density at radius 1 is 1.12 bits per heavy atom. The summed E-state index contributed by atoms with van der Waals surface area (Å²) in [5.74, 6) is -0.510. The fourth-order valence-electron chi connectivity index (χ4n) is 2.29. The van der Waals surface area contributed by atoms with E-state index in [0.29, 0.717) is 16.8 Å². The molecule has 0 spiro atoms. The topological polar surface area (TPSA) is 101 Å². The number of nitrogens with one attached hydrogen (secondary N) is 2. The molecule has 0 radical (unpaired) electrons. The van der Waals surface area contributed by atoms with E-state index in [1.807, 2.05) is 13.0 Å². The van der Waals surface area contributed by atoms with Crippen molar-refractivity contribution in [3.63, 3.8) is 0 Å². The van der Waals surface area contributed by atoms with E-state index in [9.17, 15) is 19.7 Å².